The number of hydrogen-bond acceptors (Lipinski definition) is 2. The molecule has 136 valence electrons. The third-order valence-electron chi connectivity index (χ3n) is 5.10. The zero-order valence-corrected chi connectivity index (χ0v) is 15.5. The summed E-state index contributed by atoms with van der Waals surface area (Å²) in [5.41, 5.74) is 3.53. The molecule has 0 saturated heterocycles. The lowest BCUT2D eigenvalue weighted by Crippen LogP contribution is -2.27. The van der Waals surface area contributed by atoms with Gasteiger partial charge in [-0.25, -0.2) is 0 Å². The molecular formula is C24H23NO2. The molecule has 0 saturated carbocycles. The van der Waals surface area contributed by atoms with Crippen LogP contribution in [0, 0.1) is 0 Å². The van der Waals surface area contributed by atoms with Crippen LogP contribution in [0.4, 0.5) is 0 Å². The maximum atomic E-state index is 12.4. The van der Waals surface area contributed by atoms with Crippen LogP contribution in [0.15, 0.2) is 66.7 Å². The normalized spacial score (nSPS) is 12.9. The van der Waals surface area contributed by atoms with E-state index in [9.17, 15) is 4.79 Å². The predicted octanol–water partition coefficient (Wildman–Crippen LogP) is 4.49. The predicted molar refractivity (Wildman–Crippen MR) is 110 cm³/mol. The van der Waals surface area contributed by atoms with Crippen LogP contribution in [0.5, 0.6) is 5.75 Å². The van der Waals surface area contributed by atoms with E-state index in [1.54, 1.807) is 11.0 Å². The third kappa shape index (κ3) is 3.87. The Morgan fingerprint density at radius 2 is 1.96 bits per heavy atom. The fraction of sp³-hybridized carbons (Fsp3) is 0.208. The average Bonchev–Trinajstić information content (AvgIpc) is 3.18. The minimum absolute atomic E-state index is 0.0204. The second kappa shape index (κ2) is 7.67. The number of nitrogens with zero attached hydrogens (tertiary/aromatic N) is 1. The van der Waals surface area contributed by atoms with E-state index in [4.69, 9.17) is 4.74 Å². The molecule has 1 amide bonds. The summed E-state index contributed by atoms with van der Waals surface area (Å²) in [7, 11) is 1.86. The van der Waals surface area contributed by atoms with Crippen molar-refractivity contribution in [3.63, 3.8) is 0 Å². The molecule has 0 bridgehead atoms. The quantitative estimate of drug-likeness (QED) is 0.630. The molecule has 0 aromatic heterocycles. The van der Waals surface area contributed by atoms with Gasteiger partial charge in [-0.05, 0) is 52.1 Å². The lowest BCUT2D eigenvalue weighted by Gasteiger charge is -2.16. The van der Waals surface area contributed by atoms with Crippen molar-refractivity contribution in [2.24, 2.45) is 0 Å². The Bertz CT molecular complexity index is 1000. The van der Waals surface area contributed by atoms with E-state index in [2.05, 4.69) is 48.5 Å². The van der Waals surface area contributed by atoms with Crippen molar-refractivity contribution in [3.05, 3.63) is 83.4 Å². The van der Waals surface area contributed by atoms with Crippen LogP contribution in [-0.2, 0) is 17.6 Å². The van der Waals surface area contributed by atoms with Crippen LogP contribution in [0.1, 0.15) is 16.7 Å². The van der Waals surface area contributed by atoms with Gasteiger partial charge in [0.15, 0.2) is 0 Å². The SMILES string of the molecule is CN(CCc1cccc2ccccc12)C(=O)C=Cc1ccc2c(c1)CCO2. The van der Waals surface area contributed by atoms with Crippen LogP contribution in [0.3, 0.4) is 0 Å². The summed E-state index contributed by atoms with van der Waals surface area (Å²) < 4.78 is 5.52. The lowest BCUT2D eigenvalue weighted by molar-refractivity contribution is -0.124. The van der Waals surface area contributed by atoms with Crippen molar-refractivity contribution in [1.29, 1.82) is 0 Å². The van der Waals surface area contributed by atoms with Gasteiger partial charge in [0.2, 0.25) is 5.91 Å². The maximum absolute atomic E-state index is 12.4. The number of carbonyl (C=O) groups excluding carboxylic acids is 1. The Kier molecular flexibility index (Phi) is 4.93. The molecule has 0 radical (unpaired) electrons. The van der Waals surface area contributed by atoms with E-state index >= 15 is 0 Å². The molecule has 1 aliphatic heterocycles. The summed E-state index contributed by atoms with van der Waals surface area (Å²) in [5.74, 6) is 0.984. The summed E-state index contributed by atoms with van der Waals surface area (Å²) in [5, 5.41) is 2.50. The minimum atomic E-state index is 0.0204. The summed E-state index contributed by atoms with van der Waals surface area (Å²) in [6, 6.07) is 20.8. The van der Waals surface area contributed by atoms with Crippen molar-refractivity contribution in [2.45, 2.75) is 12.8 Å². The van der Waals surface area contributed by atoms with E-state index in [1.165, 1.54) is 21.9 Å². The molecule has 0 N–H and O–H groups in total. The number of ether oxygens (including phenoxy) is 1. The highest BCUT2D eigenvalue weighted by Gasteiger charge is 2.11. The molecule has 1 heterocycles. The fourth-order valence-corrected chi connectivity index (χ4v) is 3.51. The highest BCUT2D eigenvalue weighted by atomic mass is 16.5. The van der Waals surface area contributed by atoms with Crippen molar-refractivity contribution in [2.75, 3.05) is 20.2 Å². The van der Waals surface area contributed by atoms with Gasteiger partial charge in [-0.1, -0.05) is 48.5 Å². The van der Waals surface area contributed by atoms with Crippen molar-refractivity contribution < 1.29 is 9.53 Å². The third-order valence-corrected chi connectivity index (χ3v) is 5.10. The molecule has 3 aromatic carbocycles. The molecule has 0 unspecified atom stereocenters. The van der Waals surface area contributed by atoms with Gasteiger partial charge in [0, 0.05) is 26.1 Å². The smallest absolute Gasteiger partial charge is 0.246 e. The van der Waals surface area contributed by atoms with E-state index in [-0.39, 0.29) is 5.91 Å². The van der Waals surface area contributed by atoms with Gasteiger partial charge >= 0.3 is 0 Å². The molecule has 4 rings (SSSR count). The monoisotopic (exact) mass is 357 g/mol. The van der Waals surface area contributed by atoms with Gasteiger partial charge in [-0.3, -0.25) is 4.79 Å². The first-order valence-electron chi connectivity index (χ1n) is 9.36. The van der Waals surface area contributed by atoms with E-state index in [0.29, 0.717) is 6.54 Å². The van der Waals surface area contributed by atoms with Gasteiger partial charge in [0.1, 0.15) is 5.75 Å². The molecule has 0 spiro atoms. The minimum Gasteiger partial charge on any atom is -0.493 e. The number of hydrogen-bond donors (Lipinski definition) is 0. The van der Waals surface area contributed by atoms with Crippen LogP contribution < -0.4 is 4.74 Å². The van der Waals surface area contributed by atoms with Crippen LogP contribution in [0.25, 0.3) is 16.8 Å². The van der Waals surface area contributed by atoms with Crippen LogP contribution >= 0.6 is 0 Å². The standard InChI is InChI=1S/C24H23NO2/c1-25(15-13-20-7-4-6-19-5-2-3-8-22(19)20)24(26)12-10-18-9-11-23-21(17-18)14-16-27-23/h2-12,17H,13-16H2,1H3. The van der Waals surface area contributed by atoms with Crippen molar-refractivity contribution >= 4 is 22.8 Å². The summed E-state index contributed by atoms with van der Waals surface area (Å²) in [6.07, 6.45) is 5.32. The van der Waals surface area contributed by atoms with Gasteiger partial charge in [0.05, 0.1) is 6.61 Å². The molecule has 1 aliphatic rings. The average molecular weight is 357 g/mol. The molecule has 0 fully saturated rings. The number of fused-ring (bicyclic) bond motifs is 2. The number of rotatable bonds is 5. The van der Waals surface area contributed by atoms with Crippen LogP contribution in [-0.4, -0.2) is 31.0 Å². The second-order valence-electron chi connectivity index (χ2n) is 6.95. The largest absolute Gasteiger partial charge is 0.493 e. The number of benzene rings is 3. The fourth-order valence-electron chi connectivity index (χ4n) is 3.51. The Balaban J connectivity index is 1.39. The molecule has 0 aliphatic carbocycles. The first-order valence-corrected chi connectivity index (χ1v) is 9.36. The molecule has 3 heteroatoms. The zero-order chi connectivity index (χ0) is 18.6. The van der Waals surface area contributed by atoms with Gasteiger partial charge in [-0.2, -0.15) is 0 Å². The Morgan fingerprint density at radius 3 is 2.89 bits per heavy atom. The number of carbonyl (C=O) groups is 1. The molecule has 3 nitrogen and oxygen atoms in total. The summed E-state index contributed by atoms with van der Waals surface area (Å²) in [6.45, 7) is 1.44. The summed E-state index contributed by atoms with van der Waals surface area (Å²) >= 11 is 0. The van der Waals surface area contributed by atoms with Gasteiger partial charge in [0.25, 0.3) is 0 Å². The Hall–Kier alpha value is -3.07. The number of likely N-dealkylation sites (N-methyl/N-ethyl adjacent to an activating group) is 1. The number of amides is 1. The highest BCUT2D eigenvalue weighted by Crippen LogP contribution is 2.26. The highest BCUT2D eigenvalue weighted by molar-refractivity contribution is 5.91. The van der Waals surface area contributed by atoms with Crippen molar-refractivity contribution in [1.82, 2.24) is 4.90 Å². The molecule has 3 aromatic rings. The van der Waals surface area contributed by atoms with Gasteiger partial charge in [-0.15, -0.1) is 0 Å². The molecular weight excluding hydrogens is 334 g/mol. The van der Waals surface area contributed by atoms with E-state index in [1.807, 2.05) is 25.3 Å². The second-order valence-corrected chi connectivity index (χ2v) is 6.95. The van der Waals surface area contributed by atoms with Crippen molar-refractivity contribution in [3.8, 4) is 5.75 Å². The first kappa shape index (κ1) is 17.3. The lowest BCUT2D eigenvalue weighted by atomic mass is 10.0. The first-order chi connectivity index (χ1) is 13.2. The molecule has 27 heavy (non-hydrogen) atoms. The molecule has 0 atom stereocenters. The summed E-state index contributed by atoms with van der Waals surface area (Å²) in [4.78, 5) is 14.2. The Labute approximate surface area is 159 Å². The topological polar surface area (TPSA) is 29.5 Å². The zero-order valence-electron chi connectivity index (χ0n) is 15.5. The van der Waals surface area contributed by atoms with E-state index in [0.717, 1.165) is 30.8 Å². The van der Waals surface area contributed by atoms with Crippen LogP contribution in [0.2, 0.25) is 0 Å². The van der Waals surface area contributed by atoms with E-state index < -0.39 is 0 Å². The van der Waals surface area contributed by atoms with Gasteiger partial charge < -0.3 is 9.64 Å². The maximum Gasteiger partial charge on any atom is 0.246 e. The Morgan fingerprint density at radius 1 is 1.11 bits per heavy atom.